The van der Waals surface area contributed by atoms with E-state index in [9.17, 15) is 5.11 Å². The zero-order valence-electron chi connectivity index (χ0n) is 12.4. The van der Waals surface area contributed by atoms with Crippen LogP contribution in [0.2, 0.25) is 0 Å². The van der Waals surface area contributed by atoms with Gasteiger partial charge in [-0.15, -0.1) is 0 Å². The molecule has 3 nitrogen and oxygen atoms in total. The third kappa shape index (κ3) is 2.71. The molecule has 0 bridgehead atoms. The third-order valence-corrected chi connectivity index (χ3v) is 3.84. The number of aromatic nitrogens is 2. The number of aliphatic hydroxyl groups is 1. The van der Waals surface area contributed by atoms with Crippen molar-refractivity contribution in [2.75, 3.05) is 0 Å². The zero-order valence-corrected chi connectivity index (χ0v) is 12.4. The van der Waals surface area contributed by atoms with E-state index < -0.39 is 6.10 Å². The van der Waals surface area contributed by atoms with Crippen LogP contribution >= 0.6 is 0 Å². The Balaban J connectivity index is 2.28. The molecule has 0 amide bonds. The van der Waals surface area contributed by atoms with E-state index in [1.807, 2.05) is 31.6 Å². The molecule has 0 saturated carbocycles. The fourth-order valence-corrected chi connectivity index (χ4v) is 2.62. The van der Waals surface area contributed by atoms with Gasteiger partial charge in [0.2, 0.25) is 0 Å². The zero-order chi connectivity index (χ0) is 14.2. The number of hydrogen-bond donors (Lipinski definition) is 1. The Bertz CT molecular complexity index is 599. The molecule has 0 aliphatic rings. The van der Waals surface area contributed by atoms with Crippen LogP contribution in [0.5, 0.6) is 0 Å². The van der Waals surface area contributed by atoms with E-state index in [1.54, 1.807) is 0 Å². The highest BCUT2D eigenvalue weighted by Crippen LogP contribution is 2.25. The van der Waals surface area contributed by atoms with E-state index in [4.69, 9.17) is 0 Å². The maximum absolute atomic E-state index is 10.5. The van der Waals surface area contributed by atoms with Gasteiger partial charge in [-0.05, 0) is 44.4 Å². The van der Waals surface area contributed by atoms with Crippen molar-refractivity contribution in [2.45, 2.75) is 40.2 Å². The largest absolute Gasteiger partial charge is 0.388 e. The molecule has 0 aliphatic heterocycles. The predicted octanol–water partition coefficient (Wildman–Crippen LogP) is 2.93. The van der Waals surface area contributed by atoms with E-state index in [2.05, 4.69) is 31.1 Å². The molecule has 1 N–H and O–H groups in total. The summed E-state index contributed by atoms with van der Waals surface area (Å²) in [5.41, 5.74) is 6.65. The van der Waals surface area contributed by atoms with Gasteiger partial charge in [0, 0.05) is 19.2 Å². The van der Waals surface area contributed by atoms with Crippen molar-refractivity contribution in [3.63, 3.8) is 0 Å². The third-order valence-electron chi connectivity index (χ3n) is 3.84. The second-order valence-corrected chi connectivity index (χ2v) is 5.35. The van der Waals surface area contributed by atoms with E-state index in [0.717, 1.165) is 28.1 Å². The van der Waals surface area contributed by atoms with Crippen molar-refractivity contribution in [3.05, 3.63) is 51.8 Å². The summed E-state index contributed by atoms with van der Waals surface area (Å²) < 4.78 is 1.87. The Morgan fingerprint density at radius 1 is 1.21 bits per heavy atom. The number of aliphatic hydroxyl groups excluding tert-OH is 1. The van der Waals surface area contributed by atoms with Crippen LogP contribution in [-0.2, 0) is 13.5 Å². The Labute approximate surface area is 114 Å². The normalized spacial score (nSPS) is 12.7. The van der Waals surface area contributed by atoms with Crippen LogP contribution in [0, 0.1) is 27.7 Å². The number of rotatable bonds is 3. The highest BCUT2D eigenvalue weighted by atomic mass is 16.3. The molecular weight excluding hydrogens is 236 g/mol. The lowest BCUT2D eigenvalue weighted by molar-refractivity contribution is 0.177. The maximum Gasteiger partial charge on any atom is 0.0834 e. The maximum atomic E-state index is 10.5. The summed E-state index contributed by atoms with van der Waals surface area (Å²) in [6.45, 7) is 8.16. The molecule has 0 aliphatic carbocycles. The van der Waals surface area contributed by atoms with Gasteiger partial charge in [0.05, 0.1) is 11.8 Å². The van der Waals surface area contributed by atoms with Gasteiger partial charge in [-0.2, -0.15) is 5.10 Å². The molecule has 1 unspecified atom stereocenters. The summed E-state index contributed by atoms with van der Waals surface area (Å²) in [7, 11) is 1.94. The molecule has 1 aromatic carbocycles. The number of benzene rings is 1. The molecule has 2 rings (SSSR count). The molecule has 1 aromatic heterocycles. The van der Waals surface area contributed by atoms with Gasteiger partial charge in [-0.3, -0.25) is 4.68 Å². The summed E-state index contributed by atoms with van der Waals surface area (Å²) in [4.78, 5) is 0. The average molecular weight is 258 g/mol. The van der Waals surface area contributed by atoms with E-state index >= 15 is 0 Å². The lowest BCUT2D eigenvalue weighted by atomic mass is 9.96. The molecule has 3 heteroatoms. The van der Waals surface area contributed by atoms with Crippen molar-refractivity contribution in [2.24, 2.45) is 7.05 Å². The summed E-state index contributed by atoms with van der Waals surface area (Å²) in [5.74, 6) is 0. The first kappa shape index (κ1) is 13.8. The molecule has 1 atom stereocenters. The number of nitrogens with zero attached hydrogens (tertiary/aromatic N) is 2. The van der Waals surface area contributed by atoms with Gasteiger partial charge >= 0.3 is 0 Å². The van der Waals surface area contributed by atoms with Crippen LogP contribution in [0.25, 0.3) is 0 Å². The molecule has 1 heterocycles. The molecule has 102 valence electrons. The molecule has 2 aromatic rings. The Morgan fingerprint density at radius 3 is 2.42 bits per heavy atom. The second kappa shape index (κ2) is 5.17. The van der Waals surface area contributed by atoms with Gasteiger partial charge in [-0.25, -0.2) is 0 Å². The van der Waals surface area contributed by atoms with Crippen molar-refractivity contribution in [1.82, 2.24) is 9.78 Å². The lowest BCUT2D eigenvalue weighted by Gasteiger charge is -2.14. The predicted molar refractivity (Wildman–Crippen MR) is 77.3 cm³/mol. The fourth-order valence-electron chi connectivity index (χ4n) is 2.62. The SMILES string of the molecule is Cc1ccc(C(O)Cc2c(C)nn(C)c2C)c(C)c1. The lowest BCUT2D eigenvalue weighted by Crippen LogP contribution is -2.06. The van der Waals surface area contributed by atoms with Crippen LogP contribution in [-0.4, -0.2) is 14.9 Å². The minimum absolute atomic E-state index is 0.470. The highest BCUT2D eigenvalue weighted by Gasteiger charge is 2.16. The monoisotopic (exact) mass is 258 g/mol. The smallest absolute Gasteiger partial charge is 0.0834 e. The number of aryl methyl sites for hydroxylation is 4. The van der Waals surface area contributed by atoms with Crippen LogP contribution in [0.1, 0.15) is 39.7 Å². The molecule has 0 spiro atoms. The first-order valence-electron chi connectivity index (χ1n) is 6.64. The topological polar surface area (TPSA) is 38.1 Å². The Morgan fingerprint density at radius 2 is 1.89 bits per heavy atom. The molecule has 0 saturated heterocycles. The highest BCUT2D eigenvalue weighted by molar-refractivity contribution is 5.34. The van der Waals surface area contributed by atoms with Crippen molar-refractivity contribution in [3.8, 4) is 0 Å². The van der Waals surface area contributed by atoms with Crippen LogP contribution in [0.4, 0.5) is 0 Å². The number of hydrogen-bond acceptors (Lipinski definition) is 2. The van der Waals surface area contributed by atoms with Crippen molar-refractivity contribution < 1.29 is 5.11 Å². The van der Waals surface area contributed by atoms with Gasteiger partial charge in [0.1, 0.15) is 0 Å². The summed E-state index contributed by atoms with van der Waals surface area (Å²) in [5, 5.41) is 14.9. The minimum Gasteiger partial charge on any atom is -0.388 e. The average Bonchev–Trinajstić information content (AvgIpc) is 2.56. The van der Waals surface area contributed by atoms with E-state index in [-0.39, 0.29) is 0 Å². The first-order chi connectivity index (χ1) is 8.90. The summed E-state index contributed by atoms with van der Waals surface area (Å²) in [6.07, 6.45) is 0.150. The molecule has 0 fully saturated rings. The minimum atomic E-state index is -0.470. The summed E-state index contributed by atoms with van der Waals surface area (Å²) in [6, 6.07) is 6.19. The van der Waals surface area contributed by atoms with Crippen LogP contribution < -0.4 is 0 Å². The second-order valence-electron chi connectivity index (χ2n) is 5.35. The van der Waals surface area contributed by atoms with Crippen molar-refractivity contribution >= 4 is 0 Å². The molecule has 19 heavy (non-hydrogen) atoms. The first-order valence-corrected chi connectivity index (χ1v) is 6.64. The molecular formula is C16H22N2O. The van der Waals surface area contributed by atoms with E-state index in [0.29, 0.717) is 6.42 Å². The fraction of sp³-hybridized carbons (Fsp3) is 0.438. The van der Waals surface area contributed by atoms with Gasteiger partial charge in [0.25, 0.3) is 0 Å². The van der Waals surface area contributed by atoms with E-state index in [1.165, 1.54) is 5.56 Å². The quantitative estimate of drug-likeness (QED) is 0.919. The van der Waals surface area contributed by atoms with Crippen LogP contribution in [0.3, 0.4) is 0 Å². The Kier molecular flexibility index (Phi) is 3.76. The van der Waals surface area contributed by atoms with Crippen LogP contribution in [0.15, 0.2) is 18.2 Å². The Hall–Kier alpha value is -1.61. The van der Waals surface area contributed by atoms with Crippen molar-refractivity contribution in [1.29, 1.82) is 0 Å². The standard InChI is InChI=1S/C16H22N2O/c1-10-6-7-14(11(2)8-10)16(19)9-15-12(3)17-18(5)13(15)4/h6-8,16,19H,9H2,1-5H3. The summed E-state index contributed by atoms with van der Waals surface area (Å²) >= 11 is 0. The van der Waals surface area contributed by atoms with Gasteiger partial charge in [-0.1, -0.05) is 23.8 Å². The van der Waals surface area contributed by atoms with Gasteiger partial charge < -0.3 is 5.11 Å². The molecule has 0 radical (unpaired) electrons. The van der Waals surface area contributed by atoms with Gasteiger partial charge in [0.15, 0.2) is 0 Å².